The molecule has 0 saturated heterocycles. The number of halogens is 3. The number of alkyl halides is 3. The third-order valence-electron chi connectivity index (χ3n) is 3.81. The van der Waals surface area contributed by atoms with E-state index < -0.39 is 6.36 Å². The van der Waals surface area contributed by atoms with Crippen molar-refractivity contribution < 1.29 is 27.4 Å². The largest absolute Gasteiger partial charge is 0.573 e. The van der Waals surface area contributed by atoms with Gasteiger partial charge in [0, 0.05) is 0 Å². The van der Waals surface area contributed by atoms with Gasteiger partial charge in [0.15, 0.2) is 6.29 Å². The van der Waals surface area contributed by atoms with E-state index in [4.69, 9.17) is 4.74 Å². The van der Waals surface area contributed by atoms with Gasteiger partial charge in [0.25, 0.3) is 0 Å². The first-order valence-corrected chi connectivity index (χ1v) is 8.51. The number of aldehydes is 1. The molecule has 0 bridgehead atoms. The molecule has 0 unspecified atom stereocenters. The number of rotatable bonds is 9. The van der Waals surface area contributed by atoms with E-state index in [-0.39, 0.29) is 5.75 Å². The first-order chi connectivity index (χ1) is 12.4. The van der Waals surface area contributed by atoms with E-state index in [9.17, 15) is 18.0 Å². The predicted octanol–water partition coefficient (Wildman–Crippen LogP) is 6.02. The van der Waals surface area contributed by atoms with Crippen LogP contribution in [0.3, 0.4) is 0 Å². The summed E-state index contributed by atoms with van der Waals surface area (Å²) in [7, 11) is 0. The molecule has 0 spiro atoms. The highest BCUT2D eigenvalue weighted by Crippen LogP contribution is 2.29. The van der Waals surface area contributed by atoms with Gasteiger partial charge in [-0.15, -0.1) is 13.2 Å². The molecule has 6 heteroatoms. The normalized spacial score (nSPS) is 11.2. The van der Waals surface area contributed by atoms with Crippen molar-refractivity contribution >= 4 is 6.29 Å². The summed E-state index contributed by atoms with van der Waals surface area (Å²) in [6.07, 6.45) is 0.290. The number of unbranched alkanes of at least 4 members (excludes halogenated alkanes) is 3. The summed E-state index contributed by atoms with van der Waals surface area (Å²) in [5.74, 6) is 0.223. The van der Waals surface area contributed by atoms with Gasteiger partial charge in [0.1, 0.15) is 11.5 Å². The van der Waals surface area contributed by atoms with Crippen LogP contribution in [0.4, 0.5) is 13.2 Å². The SMILES string of the molecule is CCCCCCOc1ccc(-c2ccc(OC(F)(F)F)cc2)cc1C=O. The summed E-state index contributed by atoms with van der Waals surface area (Å²) in [5, 5.41) is 0. The average molecular weight is 366 g/mol. The van der Waals surface area contributed by atoms with Gasteiger partial charge in [-0.25, -0.2) is 0 Å². The molecule has 3 nitrogen and oxygen atoms in total. The predicted molar refractivity (Wildman–Crippen MR) is 93.6 cm³/mol. The van der Waals surface area contributed by atoms with Crippen molar-refractivity contribution in [1.82, 2.24) is 0 Å². The standard InChI is InChI=1S/C20H21F3O3/c1-2-3-4-5-12-25-19-11-8-16(13-17(19)14-24)15-6-9-18(10-7-15)26-20(21,22)23/h6-11,13-14H,2-5,12H2,1H3. The zero-order valence-electron chi connectivity index (χ0n) is 14.5. The summed E-state index contributed by atoms with van der Waals surface area (Å²) in [5.41, 5.74) is 1.80. The van der Waals surface area contributed by atoms with E-state index in [0.29, 0.717) is 35.3 Å². The summed E-state index contributed by atoms with van der Waals surface area (Å²) in [6.45, 7) is 2.68. The fraction of sp³-hybridized carbons (Fsp3) is 0.350. The fourth-order valence-corrected chi connectivity index (χ4v) is 2.51. The maximum atomic E-state index is 12.2. The van der Waals surface area contributed by atoms with Crippen molar-refractivity contribution in [2.75, 3.05) is 6.61 Å². The Morgan fingerprint density at radius 2 is 1.65 bits per heavy atom. The van der Waals surface area contributed by atoms with Crippen LogP contribution in [0.15, 0.2) is 42.5 Å². The second kappa shape index (κ2) is 9.27. The Hall–Kier alpha value is -2.50. The molecule has 0 saturated carbocycles. The minimum atomic E-state index is -4.72. The fourth-order valence-electron chi connectivity index (χ4n) is 2.51. The van der Waals surface area contributed by atoms with E-state index in [0.717, 1.165) is 25.7 Å². The molecule has 2 rings (SSSR count). The molecule has 0 fully saturated rings. The van der Waals surface area contributed by atoms with Crippen LogP contribution in [-0.4, -0.2) is 19.3 Å². The monoisotopic (exact) mass is 366 g/mol. The van der Waals surface area contributed by atoms with Gasteiger partial charge in [-0.2, -0.15) is 0 Å². The maximum absolute atomic E-state index is 12.2. The lowest BCUT2D eigenvalue weighted by atomic mass is 10.0. The Morgan fingerprint density at radius 1 is 0.962 bits per heavy atom. The van der Waals surface area contributed by atoms with E-state index in [1.807, 2.05) is 0 Å². The van der Waals surface area contributed by atoms with Crippen LogP contribution in [0.1, 0.15) is 43.0 Å². The summed E-state index contributed by atoms with van der Waals surface area (Å²) in [4.78, 5) is 11.3. The lowest BCUT2D eigenvalue weighted by molar-refractivity contribution is -0.274. The number of hydrogen-bond acceptors (Lipinski definition) is 3. The van der Waals surface area contributed by atoms with Crippen LogP contribution >= 0.6 is 0 Å². The molecule has 0 aliphatic heterocycles. The number of carbonyl (C=O) groups excluding carboxylic acids is 1. The minimum Gasteiger partial charge on any atom is -0.493 e. The Balaban J connectivity index is 2.07. The second-order valence-corrected chi connectivity index (χ2v) is 5.85. The van der Waals surface area contributed by atoms with Gasteiger partial charge < -0.3 is 9.47 Å². The number of hydrogen-bond donors (Lipinski definition) is 0. The third kappa shape index (κ3) is 6.10. The number of benzene rings is 2. The van der Waals surface area contributed by atoms with E-state index in [1.165, 1.54) is 24.3 Å². The molecule has 0 N–H and O–H groups in total. The van der Waals surface area contributed by atoms with Crippen LogP contribution in [0.5, 0.6) is 11.5 Å². The molecule has 0 atom stereocenters. The zero-order valence-corrected chi connectivity index (χ0v) is 14.5. The molecule has 0 radical (unpaired) electrons. The Morgan fingerprint density at radius 3 is 2.27 bits per heavy atom. The highest BCUT2D eigenvalue weighted by molar-refractivity contribution is 5.83. The van der Waals surface area contributed by atoms with Crippen molar-refractivity contribution in [2.45, 2.75) is 39.0 Å². The highest BCUT2D eigenvalue weighted by Gasteiger charge is 2.30. The van der Waals surface area contributed by atoms with Crippen molar-refractivity contribution in [3.8, 4) is 22.6 Å². The van der Waals surface area contributed by atoms with Crippen molar-refractivity contribution in [3.63, 3.8) is 0 Å². The molecule has 0 aliphatic rings. The quantitative estimate of drug-likeness (QED) is 0.402. The van der Waals surface area contributed by atoms with Gasteiger partial charge in [-0.3, -0.25) is 4.79 Å². The van der Waals surface area contributed by atoms with E-state index >= 15 is 0 Å². The third-order valence-corrected chi connectivity index (χ3v) is 3.81. The molecule has 140 valence electrons. The Kier molecular flexibility index (Phi) is 7.06. The molecule has 0 amide bonds. The Bertz CT molecular complexity index is 709. The van der Waals surface area contributed by atoms with Crippen LogP contribution in [-0.2, 0) is 0 Å². The first-order valence-electron chi connectivity index (χ1n) is 8.51. The topological polar surface area (TPSA) is 35.5 Å². The lowest BCUT2D eigenvalue weighted by Gasteiger charge is -2.11. The summed E-state index contributed by atoms with van der Waals surface area (Å²) >= 11 is 0. The van der Waals surface area contributed by atoms with Gasteiger partial charge in [0.2, 0.25) is 0 Å². The molecule has 26 heavy (non-hydrogen) atoms. The van der Waals surface area contributed by atoms with Crippen LogP contribution in [0.2, 0.25) is 0 Å². The van der Waals surface area contributed by atoms with Crippen LogP contribution < -0.4 is 9.47 Å². The van der Waals surface area contributed by atoms with Gasteiger partial charge in [-0.1, -0.05) is 44.4 Å². The average Bonchev–Trinajstić information content (AvgIpc) is 2.61. The van der Waals surface area contributed by atoms with E-state index in [2.05, 4.69) is 11.7 Å². The molecule has 2 aromatic rings. The number of ether oxygens (including phenoxy) is 2. The van der Waals surface area contributed by atoms with Crippen molar-refractivity contribution in [3.05, 3.63) is 48.0 Å². The highest BCUT2D eigenvalue weighted by atomic mass is 19.4. The molecular formula is C20H21F3O3. The van der Waals surface area contributed by atoms with Crippen molar-refractivity contribution in [2.24, 2.45) is 0 Å². The van der Waals surface area contributed by atoms with Gasteiger partial charge >= 0.3 is 6.36 Å². The van der Waals surface area contributed by atoms with Crippen molar-refractivity contribution in [1.29, 1.82) is 0 Å². The van der Waals surface area contributed by atoms with E-state index in [1.54, 1.807) is 18.2 Å². The lowest BCUT2D eigenvalue weighted by Crippen LogP contribution is -2.16. The zero-order chi connectivity index (χ0) is 19.0. The first kappa shape index (κ1) is 19.8. The van der Waals surface area contributed by atoms with Gasteiger partial charge in [0.05, 0.1) is 12.2 Å². The Labute approximate surface area is 150 Å². The van der Waals surface area contributed by atoms with Gasteiger partial charge in [-0.05, 0) is 41.8 Å². The summed E-state index contributed by atoms with van der Waals surface area (Å²) in [6, 6.07) is 10.6. The summed E-state index contributed by atoms with van der Waals surface area (Å²) < 4.78 is 46.1. The molecular weight excluding hydrogens is 345 g/mol. The molecule has 0 aliphatic carbocycles. The van der Waals surface area contributed by atoms with Crippen LogP contribution in [0.25, 0.3) is 11.1 Å². The molecule has 0 heterocycles. The molecule has 0 aromatic heterocycles. The smallest absolute Gasteiger partial charge is 0.493 e. The maximum Gasteiger partial charge on any atom is 0.573 e. The molecule has 2 aromatic carbocycles. The number of carbonyl (C=O) groups is 1. The minimum absolute atomic E-state index is 0.288. The van der Waals surface area contributed by atoms with Crippen LogP contribution in [0, 0.1) is 0 Å². The second-order valence-electron chi connectivity index (χ2n) is 5.85.